The van der Waals surface area contributed by atoms with Crippen LogP contribution >= 0.6 is 0 Å². The van der Waals surface area contributed by atoms with Crippen LogP contribution in [0.25, 0.3) is 55.6 Å². The number of fused-ring (bicyclic) bond motifs is 13. The third-order valence-electron chi connectivity index (χ3n) is 13.5. The Kier molecular flexibility index (Phi) is 7.26. The van der Waals surface area contributed by atoms with E-state index in [1.54, 1.807) is 0 Å². The molecule has 0 amide bonds. The van der Waals surface area contributed by atoms with E-state index >= 15 is 0 Å². The minimum absolute atomic E-state index is 0.125. The summed E-state index contributed by atoms with van der Waals surface area (Å²) in [6, 6.07) is 79.2. The Hall–Kier alpha value is -7.22. The van der Waals surface area contributed by atoms with E-state index in [0.29, 0.717) is 0 Å². The van der Waals surface area contributed by atoms with Crippen LogP contribution in [0.15, 0.2) is 212 Å². The molecule has 0 bridgehead atoms. The number of nitrogens with zero attached hydrogens (tertiary/aromatic N) is 1. The van der Waals surface area contributed by atoms with Gasteiger partial charge in [0.1, 0.15) is 0 Å². The van der Waals surface area contributed by atoms with E-state index in [2.05, 4.69) is 231 Å². The molecule has 0 unspecified atom stereocenters. The van der Waals surface area contributed by atoms with Crippen LogP contribution in [0.5, 0.6) is 0 Å². The Labute approximate surface area is 346 Å². The quantitative estimate of drug-likeness (QED) is 0.169. The van der Waals surface area contributed by atoms with E-state index in [-0.39, 0.29) is 5.41 Å². The van der Waals surface area contributed by atoms with Gasteiger partial charge < -0.3 is 4.90 Å². The normalized spacial score (nSPS) is 14.2. The average molecular weight is 752 g/mol. The Bertz CT molecular complexity index is 3070. The van der Waals surface area contributed by atoms with Gasteiger partial charge in [0.05, 0.1) is 11.1 Å². The highest BCUT2D eigenvalue weighted by molar-refractivity contribution is 6.04. The van der Waals surface area contributed by atoms with Crippen molar-refractivity contribution in [2.24, 2.45) is 0 Å². The summed E-state index contributed by atoms with van der Waals surface area (Å²) in [6.45, 7) is 4.75. The van der Waals surface area contributed by atoms with Crippen molar-refractivity contribution < 1.29 is 0 Å². The zero-order chi connectivity index (χ0) is 39.3. The molecule has 0 fully saturated rings. The fourth-order valence-electron chi connectivity index (χ4n) is 11.1. The molecule has 9 aromatic carbocycles. The van der Waals surface area contributed by atoms with E-state index in [0.717, 1.165) is 17.1 Å². The van der Waals surface area contributed by atoms with Crippen LogP contribution in [-0.2, 0) is 10.8 Å². The molecule has 278 valence electrons. The van der Waals surface area contributed by atoms with E-state index in [9.17, 15) is 0 Å². The minimum atomic E-state index is -0.443. The topological polar surface area (TPSA) is 3.24 Å². The van der Waals surface area contributed by atoms with E-state index in [1.165, 1.54) is 89.0 Å². The predicted octanol–water partition coefficient (Wildman–Crippen LogP) is 15.1. The van der Waals surface area contributed by atoms with Crippen molar-refractivity contribution in [3.63, 3.8) is 0 Å². The van der Waals surface area contributed by atoms with Crippen LogP contribution in [0.2, 0.25) is 0 Å². The molecular weight excluding hydrogens is 711 g/mol. The van der Waals surface area contributed by atoms with E-state index in [4.69, 9.17) is 0 Å². The van der Waals surface area contributed by atoms with Crippen molar-refractivity contribution >= 4 is 17.1 Å². The summed E-state index contributed by atoms with van der Waals surface area (Å²) in [5, 5.41) is 0. The molecule has 12 rings (SSSR count). The average Bonchev–Trinajstić information content (AvgIpc) is 3.86. The Morgan fingerprint density at radius 1 is 0.305 bits per heavy atom. The third-order valence-corrected chi connectivity index (χ3v) is 13.5. The molecule has 0 atom stereocenters. The number of para-hydroxylation sites is 1. The summed E-state index contributed by atoms with van der Waals surface area (Å²) in [5.41, 5.74) is 23.7. The molecule has 0 aliphatic heterocycles. The van der Waals surface area contributed by atoms with Gasteiger partial charge in [0.2, 0.25) is 0 Å². The molecule has 3 aliphatic carbocycles. The van der Waals surface area contributed by atoms with E-state index < -0.39 is 5.41 Å². The van der Waals surface area contributed by atoms with Crippen LogP contribution in [0, 0.1) is 0 Å². The zero-order valence-corrected chi connectivity index (χ0v) is 33.2. The fourth-order valence-corrected chi connectivity index (χ4v) is 11.1. The van der Waals surface area contributed by atoms with Crippen molar-refractivity contribution in [1.29, 1.82) is 0 Å². The molecule has 0 aromatic heterocycles. The highest BCUT2D eigenvalue weighted by atomic mass is 15.1. The lowest BCUT2D eigenvalue weighted by Gasteiger charge is -2.33. The molecule has 9 aromatic rings. The lowest BCUT2D eigenvalue weighted by molar-refractivity contribution is 0.660. The maximum atomic E-state index is 2.51. The van der Waals surface area contributed by atoms with Gasteiger partial charge in [-0.05, 0) is 114 Å². The van der Waals surface area contributed by atoms with E-state index in [1.807, 2.05) is 0 Å². The second kappa shape index (κ2) is 12.6. The minimum Gasteiger partial charge on any atom is -0.310 e. The summed E-state index contributed by atoms with van der Waals surface area (Å²) < 4.78 is 0. The lowest BCUT2D eigenvalue weighted by Crippen LogP contribution is -2.26. The standard InChI is InChI=1S/C58H41N/c1-57(2)48-29-13-12-26-46(48)55-47(28-17-33-52(55)57)56-41(38-19-5-3-6-20-38)27-18-34-54(56)59(39-21-7-4-8-22-39)40-35-36-45-44-25-11-16-32-51(44)58(53(45)37-40)49-30-14-9-23-42(49)43-24-10-15-31-50(43)58/h3-37H,1-2H3. The van der Waals surface area contributed by atoms with Gasteiger partial charge in [0.25, 0.3) is 0 Å². The van der Waals surface area contributed by atoms with Gasteiger partial charge in [-0.2, -0.15) is 0 Å². The van der Waals surface area contributed by atoms with Gasteiger partial charge in [0, 0.05) is 22.4 Å². The molecule has 1 nitrogen and oxygen atoms in total. The lowest BCUT2D eigenvalue weighted by atomic mass is 9.70. The third kappa shape index (κ3) is 4.62. The van der Waals surface area contributed by atoms with Gasteiger partial charge in [0.15, 0.2) is 0 Å². The van der Waals surface area contributed by atoms with Gasteiger partial charge in [-0.1, -0.05) is 196 Å². The van der Waals surface area contributed by atoms with Crippen LogP contribution in [0.3, 0.4) is 0 Å². The van der Waals surface area contributed by atoms with Gasteiger partial charge in [-0.3, -0.25) is 0 Å². The Morgan fingerprint density at radius 3 is 1.42 bits per heavy atom. The van der Waals surface area contributed by atoms with Crippen LogP contribution in [0.1, 0.15) is 47.2 Å². The van der Waals surface area contributed by atoms with Gasteiger partial charge in [-0.15, -0.1) is 0 Å². The van der Waals surface area contributed by atoms with Crippen LogP contribution in [-0.4, -0.2) is 0 Å². The second-order valence-corrected chi connectivity index (χ2v) is 16.8. The van der Waals surface area contributed by atoms with Crippen molar-refractivity contribution in [2.45, 2.75) is 24.7 Å². The summed E-state index contributed by atoms with van der Waals surface area (Å²) in [6.07, 6.45) is 0. The number of benzene rings is 9. The smallest absolute Gasteiger partial charge is 0.0726 e. The molecule has 0 radical (unpaired) electrons. The molecular formula is C58H41N. The van der Waals surface area contributed by atoms with Crippen LogP contribution in [0.4, 0.5) is 17.1 Å². The summed E-state index contributed by atoms with van der Waals surface area (Å²) in [5.74, 6) is 0. The number of hydrogen-bond donors (Lipinski definition) is 0. The number of anilines is 3. The first-order chi connectivity index (χ1) is 29.1. The Morgan fingerprint density at radius 2 is 0.780 bits per heavy atom. The molecule has 59 heavy (non-hydrogen) atoms. The molecule has 1 spiro atoms. The van der Waals surface area contributed by atoms with Crippen molar-refractivity contribution in [1.82, 2.24) is 0 Å². The SMILES string of the molecule is CC1(C)c2ccccc2-c2c(-c3c(-c4ccccc4)cccc3N(c3ccccc3)c3ccc4c(c3)C3(c5ccccc5-c5ccccc53)c3ccccc3-4)cccc21. The highest BCUT2D eigenvalue weighted by Crippen LogP contribution is 2.64. The monoisotopic (exact) mass is 751 g/mol. The zero-order valence-electron chi connectivity index (χ0n) is 33.2. The first-order valence-corrected chi connectivity index (χ1v) is 20.8. The van der Waals surface area contributed by atoms with Gasteiger partial charge in [-0.25, -0.2) is 0 Å². The first kappa shape index (κ1) is 33.9. The molecule has 0 saturated heterocycles. The predicted molar refractivity (Wildman–Crippen MR) is 246 cm³/mol. The number of rotatable bonds is 5. The largest absolute Gasteiger partial charge is 0.310 e. The summed E-state index contributed by atoms with van der Waals surface area (Å²) in [7, 11) is 0. The Balaban J connectivity index is 1.17. The van der Waals surface area contributed by atoms with Crippen molar-refractivity contribution in [3.05, 3.63) is 246 Å². The number of hydrogen-bond acceptors (Lipinski definition) is 1. The fraction of sp³-hybridized carbons (Fsp3) is 0.0690. The highest BCUT2D eigenvalue weighted by Gasteiger charge is 2.51. The molecule has 1 heteroatoms. The van der Waals surface area contributed by atoms with Gasteiger partial charge >= 0.3 is 0 Å². The molecule has 0 N–H and O–H groups in total. The molecule has 0 heterocycles. The van der Waals surface area contributed by atoms with Crippen molar-refractivity contribution in [2.75, 3.05) is 4.90 Å². The first-order valence-electron chi connectivity index (χ1n) is 20.8. The maximum Gasteiger partial charge on any atom is 0.0726 e. The molecule has 3 aliphatic rings. The van der Waals surface area contributed by atoms with Crippen LogP contribution < -0.4 is 4.90 Å². The summed E-state index contributed by atoms with van der Waals surface area (Å²) in [4.78, 5) is 2.51. The maximum absolute atomic E-state index is 2.51. The molecule has 0 saturated carbocycles. The second-order valence-electron chi connectivity index (χ2n) is 16.8. The van der Waals surface area contributed by atoms with Crippen molar-refractivity contribution in [3.8, 4) is 55.6 Å². The summed E-state index contributed by atoms with van der Waals surface area (Å²) >= 11 is 0.